The first-order valence-electron chi connectivity index (χ1n) is 6.58. The Balaban J connectivity index is 1.91. The van der Waals surface area contributed by atoms with E-state index in [4.69, 9.17) is 11.6 Å². The van der Waals surface area contributed by atoms with E-state index in [1.54, 1.807) is 29.2 Å². The minimum Gasteiger partial charge on any atom is -0.338 e. The molecule has 114 valence electrons. The number of halogens is 1. The van der Waals surface area contributed by atoms with Gasteiger partial charge in [-0.1, -0.05) is 18.2 Å². The van der Waals surface area contributed by atoms with E-state index in [0.29, 0.717) is 30.2 Å². The number of carbonyl (C=O) groups excluding carboxylic acids is 1. The number of sulfonamides is 1. The van der Waals surface area contributed by atoms with Crippen LogP contribution in [0, 0.1) is 5.92 Å². The SMILES string of the molecule is C=CS(=O)(=O)NCC1CCN(C(=O)c2ccc(Cl)cc2)C1. The smallest absolute Gasteiger partial charge is 0.253 e. The molecule has 0 aromatic heterocycles. The summed E-state index contributed by atoms with van der Waals surface area (Å²) in [6.07, 6.45) is 0.777. The lowest BCUT2D eigenvalue weighted by Gasteiger charge is -2.16. The van der Waals surface area contributed by atoms with E-state index in [9.17, 15) is 13.2 Å². The summed E-state index contributed by atoms with van der Waals surface area (Å²) in [4.78, 5) is 14.0. The van der Waals surface area contributed by atoms with E-state index in [1.807, 2.05) is 0 Å². The Hall–Kier alpha value is -1.37. The van der Waals surface area contributed by atoms with Crippen molar-refractivity contribution in [1.29, 1.82) is 0 Å². The highest BCUT2D eigenvalue weighted by atomic mass is 35.5. The lowest BCUT2D eigenvalue weighted by Crippen LogP contribution is -2.32. The van der Waals surface area contributed by atoms with Gasteiger partial charge in [-0.05, 0) is 36.6 Å². The topological polar surface area (TPSA) is 66.5 Å². The van der Waals surface area contributed by atoms with E-state index < -0.39 is 10.0 Å². The molecule has 1 heterocycles. The van der Waals surface area contributed by atoms with Crippen molar-refractivity contribution in [3.63, 3.8) is 0 Å². The first-order valence-corrected chi connectivity index (χ1v) is 8.50. The van der Waals surface area contributed by atoms with Gasteiger partial charge in [0.05, 0.1) is 0 Å². The normalized spacial score (nSPS) is 18.7. The summed E-state index contributed by atoms with van der Waals surface area (Å²) >= 11 is 5.80. The van der Waals surface area contributed by atoms with Crippen LogP contribution in [0.25, 0.3) is 0 Å². The van der Waals surface area contributed by atoms with Crippen LogP contribution < -0.4 is 4.72 Å². The van der Waals surface area contributed by atoms with Gasteiger partial charge < -0.3 is 4.90 Å². The molecular formula is C14H17ClN2O3S. The van der Waals surface area contributed by atoms with Crippen LogP contribution in [0.2, 0.25) is 5.02 Å². The summed E-state index contributed by atoms with van der Waals surface area (Å²) in [6.45, 7) is 4.73. The minimum absolute atomic E-state index is 0.0549. The summed E-state index contributed by atoms with van der Waals surface area (Å²) in [5, 5.41) is 1.48. The molecule has 0 bridgehead atoms. The largest absolute Gasteiger partial charge is 0.338 e. The fraction of sp³-hybridized carbons (Fsp3) is 0.357. The Bertz CT molecular complexity index is 628. The average Bonchev–Trinajstić information content (AvgIpc) is 2.94. The quantitative estimate of drug-likeness (QED) is 0.897. The van der Waals surface area contributed by atoms with Crippen molar-refractivity contribution in [2.45, 2.75) is 6.42 Å². The van der Waals surface area contributed by atoms with E-state index in [0.717, 1.165) is 11.8 Å². The molecule has 1 aromatic rings. The van der Waals surface area contributed by atoms with Crippen LogP contribution >= 0.6 is 11.6 Å². The zero-order chi connectivity index (χ0) is 15.5. The molecule has 1 N–H and O–H groups in total. The van der Waals surface area contributed by atoms with Gasteiger partial charge in [-0.25, -0.2) is 13.1 Å². The van der Waals surface area contributed by atoms with E-state index >= 15 is 0 Å². The maximum absolute atomic E-state index is 12.3. The second-order valence-corrected chi connectivity index (χ2v) is 7.12. The summed E-state index contributed by atoms with van der Waals surface area (Å²) in [5.41, 5.74) is 0.590. The van der Waals surface area contributed by atoms with Gasteiger partial charge in [0.1, 0.15) is 0 Å². The van der Waals surface area contributed by atoms with E-state index in [1.165, 1.54) is 0 Å². The highest BCUT2D eigenvalue weighted by Crippen LogP contribution is 2.19. The Kier molecular flexibility index (Phi) is 5.03. The van der Waals surface area contributed by atoms with Crippen LogP contribution in [-0.2, 0) is 10.0 Å². The molecule has 1 saturated heterocycles. The number of nitrogens with zero attached hydrogens (tertiary/aromatic N) is 1. The van der Waals surface area contributed by atoms with Gasteiger partial charge in [-0.3, -0.25) is 4.79 Å². The van der Waals surface area contributed by atoms with Crippen molar-refractivity contribution in [1.82, 2.24) is 9.62 Å². The Morgan fingerprint density at radius 2 is 2.10 bits per heavy atom. The molecule has 0 aliphatic carbocycles. The maximum atomic E-state index is 12.3. The standard InChI is InChI=1S/C14H17ClN2O3S/c1-2-21(19,20)16-9-11-7-8-17(10-11)14(18)12-3-5-13(15)6-4-12/h2-6,11,16H,1,7-10H2. The minimum atomic E-state index is -3.41. The lowest BCUT2D eigenvalue weighted by molar-refractivity contribution is 0.0787. The van der Waals surface area contributed by atoms with Crippen molar-refractivity contribution >= 4 is 27.5 Å². The molecule has 0 spiro atoms. The van der Waals surface area contributed by atoms with Crippen LogP contribution in [0.1, 0.15) is 16.8 Å². The van der Waals surface area contributed by atoms with E-state index in [-0.39, 0.29) is 11.8 Å². The number of hydrogen-bond acceptors (Lipinski definition) is 3. The number of benzene rings is 1. The van der Waals surface area contributed by atoms with Gasteiger partial charge in [-0.2, -0.15) is 0 Å². The molecule has 7 heteroatoms. The average molecular weight is 329 g/mol. The first-order chi connectivity index (χ1) is 9.91. The third kappa shape index (κ3) is 4.30. The molecule has 1 aromatic carbocycles. The monoisotopic (exact) mass is 328 g/mol. The van der Waals surface area contributed by atoms with Crippen LogP contribution in [0.3, 0.4) is 0 Å². The number of amides is 1. The van der Waals surface area contributed by atoms with Crippen molar-refractivity contribution in [3.05, 3.63) is 46.8 Å². The Labute approximate surface area is 129 Å². The Morgan fingerprint density at radius 3 is 2.71 bits per heavy atom. The number of hydrogen-bond donors (Lipinski definition) is 1. The van der Waals surface area contributed by atoms with Crippen LogP contribution in [0.5, 0.6) is 0 Å². The predicted molar refractivity (Wildman–Crippen MR) is 82.6 cm³/mol. The zero-order valence-corrected chi connectivity index (χ0v) is 13.0. The Morgan fingerprint density at radius 1 is 1.43 bits per heavy atom. The van der Waals surface area contributed by atoms with Gasteiger partial charge in [-0.15, -0.1) is 0 Å². The lowest BCUT2D eigenvalue weighted by atomic mass is 10.1. The first kappa shape index (κ1) is 16.0. The van der Waals surface area contributed by atoms with Crippen LogP contribution in [0.4, 0.5) is 0 Å². The summed E-state index contributed by atoms with van der Waals surface area (Å²) < 4.78 is 25.1. The van der Waals surface area contributed by atoms with Gasteiger partial charge in [0.15, 0.2) is 0 Å². The predicted octanol–water partition coefficient (Wildman–Crippen LogP) is 1.86. The summed E-state index contributed by atoms with van der Waals surface area (Å²) in [6, 6.07) is 6.75. The number of carbonyl (C=O) groups is 1. The third-order valence-electron chi connectivity index (χ3n) is 3.46. The maximum Gasteiger partial charge on any atom is 0.253 e. The second kappa shape index (κ2) is 6.60. The zero-order valence-electron chi connectivity index (χ0n) is 11.5. The van der Waals surface area contributed by atoms with Gasteiger partial charge in [0, 0.05) is 35.6 Å². The molecular weight excluding hydrogens is 312 g/mol. The van der Waals surface area contributed by atoms with Crippen molar-refractivity contribution in [2.75, 3.05) is 19.6 Å². The number of rotatable bonds is 5. The molecule has 21 heavy (non-hydrogen) atoms. The van der Waals surface area contributed by atoms with E-state index in [2.05, 4.69) is 11.3 Å². The molecule has 1 fully saturated rings. The van der Waals surface area contributed by atoms with Gasteiger partial charge in [0.2, 0.25) is 10.0 Å². The van der Waals surface area contributed by atoms with Gasteiger partial charge in [0.25, 0.3) is 5.91 Å². The van der Waals surface area contributed by atoms with Crippen molar-refractivity contribution < 1.29 is 13.2 Å². The third-order valence-corrected chi connectivity index (χ3v) is 4.72. The molecule has 1 unspecified atom stereocenters. The highest BCUT2D eigenvalue weighted by molar-refractivity contribution is 7.92. The molecule has 0 radical (unpaired) electrons. The molecule has 5 nitrogen and oxygen atoms in total. The number of likely N-dealkylation sites (tertiary alicyclic amines) is 1. The number of nitrogens with one attached hydrogen (secondary N) is 1. The van der Waals surface area contributed by atoms with Crippen molar-refractivity contribution in [2.24, 2.45) is 5.92 Å². The molecule has 1 aliphatic rings. The fourth-order valence-corrected chi connectivity index (χ4v) is 2.96. The van der Waals surface area contributed by atoms with Crippen LogP contribution in [-0.4, -0.2) is 38.9 Å². The second-order valence-electron chi connectivity index (χ2n) is 4.97. The molecule has 1 atom stereocenters. The molecule has 1 aliphatic heterocycles. The fourth-order valence-electron chi connectivity index (χ4n) is 2.25. The summed E-state index contributed by atoms with van der Waals surface area (Å²) in [5.74, 6) is 0.0664. The highest BCUT2D eigenvalue weighted by Gasteiger charge is 2.27. The summed E-state index contributed by atoms with van der Waals surface area (Å²) in [7, 11) is -3.41. The van der Waals surface area contributed by atoms with Gasteiger partial charge >= 0.3 is 0 Å². The molecule has 1 amide bonds. The molecule has 0 saturated carbocycles. The van der Waals surface area contributed by atoms with Crippen LogP contribution in [0.15, 0.2) is 36.3 Å². The molecule has 2 rings (SSSR count). The van der Waals surface area contributed by atoms with Crippen molar-refractivity contribution in [3.8, 4) is 0 Å².